The number of alkyl carbamates (subject to hydrolysis) is 1. The number of halogens is 5. The first kappa shape index (κ1) is 71.8. The molecule has 3 amide bonds. The van der Waals surface area contributed by atoms with Gasteiger partial charge in [-0.2, -0.15) is 13.2 Å². The van der Waals surface area contributed by atoms with Gasteiger partial charge in [0.1, 0.15) is 23.2 Å². The van der Waals surface area contributed by atoms with E-state index in [-0.39, 0.29) is 76.1 Å². The Bertz CT molecular complexity index is 1930. The molecule has 2 aromatic carbocycles. The first-order valence-electron chi connectivity index (χ1n) is 25.0. The van der Waals surface area contributed by atoms with E-state index in [1.807, 2.05) is 60.7 Å². The zero-order valence-corrected chi connectivity index (χ0v) is 48.7. The van der Waals surface area contributed by atoms with Gasteiger partial charge in [-0.1, -0.05) is 115 Å². The second-order valence-corrected chi connectivity index (χ2v) is 21.7. The molecule has 0 heterocycles. The maximum Gasteiger partial charge on any atom is 1.00 e. The minimum Gasteiger partial charge on any atom is -0.870 e. The van der Waals surface area contributed by atoms with Gasteiger partial charge in [-0.25, -0.2) is 9.59 Å². The third-order valence-electron chi connectivity index (χ3n) is 13.0. The van der Waals surface area contributed by atoms with Crippen molar-refractivity contribution in [1.82, 2.24) is 16.0 Å². The smallest absolute Gasteiger partial charge is 0.870 e. The van der Waals surface area contributed by atoms with Gasteiger partial charge in [0, 0.05) is 24.7 Å². The maximum atomic E-state index is 13.3. The summed E-state index contributed by atoms with van der Waals surface area (Å²) in [5.74, 6) is 0.835. The summed E-state index contributed by atoms with van der Waals surface area (Å²) in [7, 11) is 0. The van der Waals surface area contributed by atoms with Crippen LogP contribution in [0.4, 0.5) is 18.0 Å². The summed E-state index contributed by atoms with van der Waals surface area (Å²) in [5, 5.41) is 16.0. The first-order valence-corrected chi connectivity index (χ1v) is 26.0. The zero-order chi connectivity index (χ0) is 54.2. The number of carbonyl (C=O) groups is 6. The molecule has 2 fully saturated rings. The molecule has 13 nitrogen and oxygen atoms in total. The van der Waals surface area contributed by atoms with Crippen LogP contribution in [0.2, 0.25) is 0 Å². The van der Waals surface area contributed by atoms with E-state index in [2.05, 4.69) is 57.5 Å². The number of hydrogen-bond donors (Lipinski definition) is 5. The topological polar surface area (TPSA) is 224 Å². The van der Waals surface area contributed by atoms with Crippen molar-refractivity contribution in [3.63, 3.8) is 0 Å². The minimum absolute atomic E-state index is 0. The van der Waals surface area contributed by atoms with Gasteiger partial charge in [0.25, 0.3) is 0 Å². The molecule has 2 aliphatic rings. The van der Waals surface area contributed by atoms with Crippen LogP contribution in [-0.2, 0) is 28.7 Å². The van der Waals surface area contributed by atoms with Crippen LogP contribution < -0.4 is 51.2 Å². The zero-order valence-electron chi connectivity index (χ0n) is 45.2. The number of carboxylic acid groups (broad SMARTS) is 1. The SMILES string of the molecule is CC(C)[C@@H]1CC[C@@H](C)C[C@H]1C(=O)CC[C@@H](NC(=O)[C@H](C)N)c1ccccc1.CC(C)[C@@H]1CC[C@@H](C)C[C@H]1C(=O)CC[C@@H](NC(=O)[C@H](C)NC(=O)OC(C)(C)C)c1ccccc1.ClCCl.O=C(O)C(F)(F)F.[Na+].[OH-]. The molecule has 0 aromatic heterocycles. The number of benzene rings is 2. The maximum absolute atomic E-state index is 13.3. The van der Waals surface area contributed by atoms with Crippen molar-refractivity contribution in [2.75, 3.05) is 5.34 Å². The minimum atomic E-state index is -5.08. The number of carbonyl (C=O) groups excluding carboxylic acids is 5. The summed E-state index contributed by atoms with van der Waals surface area (Å²) >= 11 is 9.53. The van der Waals surface area contributed by atoms with Crippen LogP contribution in [0.25, 0.3) is 0 Å². The molecule has 7 N–H and O–H groups in total. The summed E-state index contributed by atoms with van der Waals surface area (Å²) in [4.78, 5) is 72.4. The summed E-state index contributed by atoms with van der Waals surface area (Å²) in [6.45, 7) is 22.0. The Balaban J connectivity index is 0. The number of nitrogens with one attached hydrogen (secondary N) is 3. The molecule has 73 heavy (non-hydrogen) atoms. The van der Waals surface area contributed by atoms with E-state index in [4.69, 9.17) is 43.6 Å². The van der Waals surface area contributed by atoms with Crippen molar-refractivity contribution in [2.24, 2.45) is 53.1 Å². The monoisotopic (exact) mass is 1080 g/mol. The van der Waals surface area contributed by atoms with E-state index in [1.54, 1.807) is 34.6 Å². The number of alkyl halides is 5. The normalized spacial score (nSPS) is 21.1. The Morgan fingerprint density at radius 1 is 0.671 bits per heavy atom. The van der Waals surface area contributed by atoms with Crippen LogP contribution >= 0.6 is 23.2 Å². The van der Waals surface area contributed by atoms with Gasteiger partial charge in [0.05, 0.1) is 23.5 Å². The van der Waals surface area contributed by atoms with Gasteiger partial charge >= 0.3 is 47.8 Å². The van der Waals surface area contributed by atoms with E-state index >= 15 is 0 Å². The van der Waals surface area contributed by atoms with Crippen LogP contribution in [0.5, 0.6) is 0 Å². The van der Waals surface area contributed by atoms with Gasteiger partial charge in [-0.05, 0) is 120 Å². The second-order valence-electron chi connectivity index (χ2n) is 20.9. The van der Waals surface area contributed by atoms with E-state index in [9.17, 15) is 37.1 Å². The molecular formula is C54H84Cl2F3N4NaO9. The van der Waals surface area contributed by atoms with Crippen molar-refractivity contribution in [3.05, 3.63) is 71.8 Å². The Hall–Kier alpha value is -3.25. The Morgan fingerprint density at radius 3 is 1.32 bits per heavy atom. The fraction of sp³-hybridized carbons (Fsp3) is 0.667. The Morgan fingerprint density at radius 2 is 1.01 bits per heavy atom. The summed E-state index contributed by atoms with van der Waals surface area (Å²) in [5.41, 5.74) is 7.06. The molecule has 0 spiro atoms. The first-order chi connectivity index (χ1) is 33.0. The number of aliphatic carboxylic acids is 1. The Labute approximate surface area is 465 Å². The van der Waals surface area contributed by atoms with Crippen LogP contribution in [0, 0.1) is 47.3 Å². The van der Waals surface area contributed by atoms with Gasteiger partial charge in [0.15, 0.2) is 0 Å². The number of carboxylic acids is 1. The van der Waals surface area contributed by atoms with Crippen molar-refractivity contribution in [2.45, 2.75) is 176 Å². The van der Waals surface area contributed by atoms with Gasteiger partial charge < -0.3 is 37.0 Å². The largest absolute Gasteiger partial charge is 1.00 e. The Kier molecular flexibility index (Phi) is 35.3. The van der Waals surface area contributed by atoms with Gasteiger partial charge in [-0.3, -0.25) is 19.2 Å². The van der Waals surface area contributed by atoms with Gasteiger partial charge in [0.2, 0.25) is 11.8 Å². The molecule has 410 valence electrons. The molecule has 4 rings (SSSR count). The van der Waals surface area contributed by atoms with Crippen molar-refractivity contribution < 1.29 is 86.8 Å². The van der Waals surface area contributed by atoms with E-state index in [1.165, 1.54) is 12.8 Å². The number of ketones is 2. The number of hydrogen-bond acceptors (Lipinski definition) is 9. The summed E-state index contributed by atoms with van der Waals surface area (Å²) in [6.07, 6.45) is 3.01. The molecule has 19 heteroatoms. The second kappa shape index (κ2) is 35.9. The fourth-order valence-electron chi connectivity index (χ4n) is 9.25. The van der Waals surface area contributed by atoms with Gasteiger partial charge in [-0.15, -0.1) is 23.2 Å². The predicted octanol–water partition coefficient (Wildman–Crippen LogP) is 8.95. The summed E-state index contributed by atoms with van der Waals surface area (Å²) in [6, 6.07) is 17.8. The number of Topliss-reactive ketones (excluding diaryl/α,β-unsaturated/α-hetero) is 2. The molecule has 0 radical (unpaired) electrons. The quantitative estimate of drug-likeness (QED) is 0.0747. The fourth-order valence-corrected chi connectivity index (χ4v) is 9.25. The van der Waals surface area contributed by atoms with Crippen LogP contribution in [0.3, 0.4) is 0 Å². The molecule has 0 saturated heterocycles. The average molecular weight is 1080 g/mol. The number of ether oxygens (including phenoxy) is 1. The summed E-state index contributed by atoms with van der Waals surface area (Å²) < 4.78 is 37.0. The molecule has 2 aliphatic carbocycles. The molecule has 0 aliphatic heterocycles. The molecule has 2 aromatic rings. The van der Waals surface area contributed by atoms with Crippen LogP contribution in [0.1, 0.15) is 164 Å². The van der Waals surface area contributed by atoms with Crippen molar-refractivity contribution >= 4 is 58.6 Å². The molecule has 0 unspecified atom stereocenters. The number of rotatable bonds is 17. The molecule has 0 bridgehead atoms. The van der Waals surface area contributed by atoms with Crippen molar-refractivity contribution in [1.29, 1.82) is 0 Å². The molecular weight excluding hydrogens is 1000 g/mol. The van der Waals surface area contributed by atoms with E-state index in [0.717, 1.165) is 36.8 Å². The number of amides is 3. The van der Waals surface area contributed by atoms with Crippen LogP contribution in [-0.4, -0.2) is 75.2 Å². The third kappa shape index (κ3) is 28.5. The van der Waals surface area contributed by atoms with E-state index in [0.29, 0.717) is 72.8 Å². The predicted molar refractivity (Wildman–Crippen MR) is 277 cm³/mol. The van der Waals surface area contributed by atoms with Crippen molar-refractivity contribution in [3.8, 4) is 0 Å². The molecule has 2 saturated carbocycles. The average Bonchev–Trinajstić information content (AvgIpc) is 3.28. The van der Waals surface area contributed by atoms with E-state index < -0.39 is 35.9 Å². The van der Waals surface area contributed by atoms with Crippen LogP contribution in [0.15, 0.2) is 60.7 Å². The molecule has 10 atom stereocenters. The third-order valence-corrected chi connectivity index (χ3v) is 13.0. The standard InChI is InChI=1S/C28H44N2O4.C23H36N2O2.C2HF3O2.CH2Cl2.Na.H2O/c1-18(2)22-14-13-19(3)17-23(22)25(31)16-15-24(21-11-9-8-10-12-21)30-26(32)20(4)29-27(33)34-28(5,6)7;1-15(2)19-11-10-16(3)14-20(19)22(26)13-12-21(25-23(27)17(4)24)18-8-6-5-7-9-18;3-2(4,5)1(6)7;2-1-3;;/h8-12,18-20,22-24H,13-17H2,1-7H3,(H,29,33)(H,30,32);5-9,15-17,19-21H,10-14,24H2,1-4H3,(H,25,27);(H,6,7);1H2;;1H2/q;;;;+1;/p-1/t19-,20+,22+,23-,24-;16-,17+,19+,20-,21-;;;;/m11..../s1. The number of nitrogens with two attached hydrogens (primary N) is 1.